The zero-order chi connectivity index (χ0) is 14.8. The Morgan fingerprint density at radius 2 is 1.95 bits per heavy atom. The Labute approximate surface area is 109 Å². The molecule has 1 aromatic heterocycles. The zero-order valence-electron chi connectivity index (χ0n) is 11.3. The standard InChI is InChI=1S/C12H17F3N2O2/c1-5-19-10(18)7-17-9(11(2,3)4)6-8(16-17)12(13,14)15/h6H,5,7H2,1-4H3. The lowest BCUT2D eigenvalue weighted by Crippen LogP contribution is -2.23. The van der Waals surface area contributed by atoms with Crippen molar-refractivity contribution in [1.82, 2.24) is 9.78 Å². The second kappa shape index (κ2) is 5.22. The third kappa shape index (κ3) is 3.97. The van der Waals surface area contributed by atoms with Crippen molar-refractivity contribution in [3.8, 4) is 0 Å². The number of alkyl halides is 3. The average molecular weight is 278 g/mol. The van der Waals surface area contributed by atoms with Gasteiger partial charge in [-0.2, -0.15) is 18.3 Å². The molecule has 108 valence electrons. The van der Waals surface area contributed by atoms with Crippen molar-refractivity contribution in [2.75, 3.05) is 6.61 Å². The van der Waals surface area contributed by atoms with E-state index in [1.54, 1.807) is 27.7 Å². The van der Waals surface area contributed by atoms with Crippen molar-refractivity contribution in [2.45, 2.75) is 45.8 Å². The maximum Gasteiger partial charge on any atom is 0.435 e. The summed E-state index contributed by atoms with van der Waals surface area (Å²) in [5.74, 6) is -0.607. The molecule has 0 aliphatic rings. The van der Waals surface area contributed by atoms with Crippen LogP contribution in [0.3, 0.4) is 0 Å². The number of hydrogen-bond acceptors (Lipinski definition) is 3. The van der Waals surface area contributed by atoms with E-state index in [2.05, 4.69) is 5.10 Å². The third-order valence-electron chi connectivity index (χ3n) is 2.42. The van der Waals surface area contributed by atoms with Gasteiger partial charge in [-0.1, -0.05) is 20.8 Å². The van der Waals surface area contributed by atoms with Gasteiger partial charge in [0.2, 0.25) is 0 Å². The Balaban J connectivity index is 3.14. The van der Waals surface area contributed by atoms with Gasteiger partial charge < -0.3 is 4.74 Å². The molecular formula is C12H17F3N2O2. The van der Waals surface area contributed by atoms with Crippen LogP contribution in [0.4, 0.5) is 13.2 Å². The summed E-state index contributed by atoms with van der Waals surface area (Å²) in [6, 6.07) is 0.971. The Bertz CT molecular complexity index is 459. The maximum atomic E-state index is 12.7. The molecule has 1 aromatic rings. The predicted molar refractivity (Wildman–Crippen MR) is 62.6 cm³/mol. The monoisotopic (exact) mass is 278 g/mol. The molecule has 0 aliphatic carbocycles. The lowest BCUT2D eigenvalue weighted by molar-refractivity contribution is -0.146. The van der Waals surface area contributed by atoms with Gasteiger partial charge in [-0.25, -0.2) is 0 Å². The van der Waals surface area contributed by atoms with E-state index < -0.39 is 23.3 Å². The molecule has 0 amide bonds. The number of nitrogens with zero attached hydrogens (tertiary/aromatic N) is 2. The zero-order valence-corrected chi connectivity index (χ0v) is 11.3. The minimum atomic E-state index is -4.53. The van der Waals surface area contributed by atoms with Crippen LogP contribution in [0.25, 0.3) is 0 Å². The van der Waals surface area contributed by atoms with Gasteiger partial charge in [0.1, 0.15) is 6.54 Å². The van der Waals surface area contributed by atoms with Crippen LogP contribution in [-0.2, 0) is 27.7 Å². The maximum absolute atomic E-state index is 12.7. The Kier molecular flexibility index (Phi) is 4.27. The molecule has 0 radical (unpaired) electrons. The number of ether oxygens (including phenoxy) is 1. The largest absolute Gasteiger partial charge is 0.465 e. The number of rotatable bonds is 3. The minimum Gasteiger partial charge on any atom is -0.465 e. The number of aromatic nitrogens is 2. The van der Waals surface area contributed by atoms with Gasteiger partial charge in [-0.15, -0.1) is 0 Å². The van der Waals surface area contributed by atoms with Crippen LogP contribution < -0.4 is 0 Å². The number of carbonyl (C=O) groups is 1. The van der Waals surface area contributed by atoms with E-state index in [1.807, 2.05) is 0 Å². The van der Waals surface area contributed by atoms with E-state index in [9.17, 15) is 18.0 Å². The second-order valence-electron chi connectivity index (χ2n) is 5.13. The summed E-state index contributed by atoms with van der Waals surface area (Å²) in [5.41, 5.74) is -1.21. The van der Waals surface area contributed by atoms with Crippen LogP contribution >= 0.6 is 0 Å². The van der Waals surface area contributed by atoms with Crippen LogP contribution in [0.5, 0.6) is 0 Å². The van der Waals surface area contributed by atoms with Crippen LogP contribution in [-0.4, -0.2) is 22.4 Å². The summed E-state index contributed by atoms with van der Waals surface area (Å²) < 4.78 is 43.8. The molecular weight excluding hydrogens is 261 g/mol. The van der Waals surface area contributed by atoms with Crippen molar-refractivity contribution in [2.24, 2.45) is 0 Å². The molecule has 0 fully saturated rings. The van der Waals surface area contributed by atoms with E-state index in [4.69, 9.17) is 4.74 Å². The highest BCUT2D eigenvalue weighted by atomic mass is 19.4. The first-order chi connectivity index (χ1) is 8.55. The molecule has 0 saturated heterocycles. The Morgan fingerprint density at radius 3 is 2.37 bits per heavy atom. The van der Waals surface area contributed by atoms with Crippen LogP contribution in [0, 0.1) is 0 Å². The molecule has 7 heteroatoms. The van der Waals surface area contributed by atoms with Gasteiger partial charge in [-0.05, 0) is 13.0 Å². The summed E-state index contributed by atoms with van der Waals surface area (Å²) in [6.45, 7) is 6.75. The molecule has 0 saturated carbocycles. The molecule has 0 spiro atoms. The van der Waals surface area contributed by atoms with Gasteiger partial charge >= 0.3 is 12.1 Å². The first-order valence-corrected chi connectivity index (χ1v) is 5.87. The fourth-order valence-electron chi connectivity index (χ4n) is 1.61. The molecule has 1 rings (SSSR count). The highest BCUT2D eigenvalue weighted by Crippen LogP contribution is 2.32. The van der Waals surface area contributed by atoms with Crippen molar-refractivity contribution in [3.05, 3.63) is 17.5 Å². The second-order valence-corrected chi connectivity index (χ2v) is 5.13. The van der Waals surface area contributed by atoms with Crippen molar-refractivity contribution >= 4 is 5.97 Å². The van der Waals surface area contributed by atoms with Gasteiger partial charge in [0.05, 0.1) is 6.61 Å². The number of halogens is 3. The van der Waals surface area contributed by atoms with Crippen molar-refractivity contribution < 1.29 is 22.7 Å². The molecule has 0 unspecified atom stereocenters. The lowest BCUT2D eigenvalue weighted by atomic mass is 9.92. The summed E-state index contributed by atoms with van der Waals surface area (Å²) >= 11 is 0. The van der Waals surface area contributed by atoms with E-state index in [0.29, 0.717) is 5.69 Å². The fourth-order valence-corrected chi connectivity index (χ4v) is 1.61. The molecule has 19 heavy (non-hydrogen) atoms. The summed E-state index contributed by atoms with van der Waals surface area (Å²) in [7, 11) is 0. The van der Waals surface area contributed by atoms with Crippen LogP contribution in [0.15, 0.2) is 6.07 Å². The average Bonchev–Trinajstić information content (AvgIpc) is 2.60. The van der Waals surface area contributed by atoms with E-state index in [-0.39, 0.29) is 13.2 Å². The SMILES string of the molecule is CCOC(=O)Cn1nc(C(F)(F)F)cc1C(C)(C)C. The van der Waals surface area contributed by atoms with Gasteiger partial charge in [-0.3, -0.25) is 9.48 Å². The van der Waals surface area contributed by atoms with Gasteiger partial charge in [0.15, 0.2) is 5.69 Å². The number of esters is 1. The van der Waals surface area contributed by atoms with Gasteiger partial charge in [0.25, 0.3) is 0 Å². The molecule has 0 aromatic carbocycles. The third-order valence-corrected chi connectivity index (χ3v) is 2.42. The van der Waals surface area contributed by atoms with E-state index in [0.717, 1.165) is 10.7 Å². The summed E-state index contributed by atoms with van der Waals surface area (Å²) in [4.78, 5) is 11.4. The molecule has 1 heterocycles. The van der Waals surface area contributed by atoms with Crippen LogP contribution in [0.2, 0.25) is 0 Å². The summed E-state index contributed by atoms with van der Waals surface area (Å²) in [6.07, 6.45) is -4.53. The molecule has 4 nitrogen and oxygen atoms in total. The summed E-state index contributed by atoms with van der Waals surface area (Å²) in [5, 5.41) is 3.46. The first kappa shape index (κ1) is 15.5. The lowest BCUT2D eigenvalue weighted by Gasteiger charge is -2.19. The van der Waals surface area contributed by atoms with E-state index in [1.165, 1.54) is 0 Å². The quantitative estimate of drug-likeness (QED) is 0.798. The smallest absolute Gasteiger partial charge is 0.435 e. The number of hydrogen-bond donors (Lipinski definition) is 0. The molecule has 0 atom stereocenters. The Morgan fingerprint density at radius 1 is 1.37 bits per heavy atom. The topological polar surface area (TPSA) is 44.1 Å². The highest BCUT2D eigenvalue weighted by molar-refractivity contribution is 5.69. The first-order valence-electron chi connectivity index (χ1n) is 5.87. The van der Waals surface area contributed by atoms with Crippen LogP contribution in [0.1, 0.15) is 39.1 Å². The van der Waals surface area contributed by atoms with Crippen molar-refractivity contribution in [3.63, 3.8) is 0 Å². The highest BCUT2D eigenvalue weighted by Gasteiger charge is 2.36. The normalized spacial score (nSPS) is 12.6. The molecule has 0 N–H and O–H groups in total. The predicted octanol–water partition coefficient (Wildman–Crippen LogP) is 2.76. The van der Waals surface area contributed by atoms with Crippen molar-refractivity contribution in [1.29, 1.82) is 0 Å². The fraction of sp³-hybridized carbons (Fsp3) is 0.667. The Hall–Kier alpha value is -1.53. The molecule has 0 aliphatic heterocycles. The number of carbonyl (C=O) groups excluding carboxylic acids is 1. The molecule has 0 bridgehead atoms. The van der Waals surface area contributed by atoms with E-state index >= 15 is 0 Å². The minimum absolute atomic E-state index is 0.178. The van der Waals surface area contributed by atoms with Gasteiger partial charge in [0, 0.05) is 11.1 Å².